The van der Waals surface area contributed by atoms with E-state index < -0.39 is 17.3 Å². The first-order chi connectivity index (χ1) is 8.36. The minimum Gasteiger partial charge on any atom is -0.464 e. The monoisotopic (exact) mass is 293 g/mol. The van der Waals surface area contributed by atoms with Gasteiger partial charge in [0.2, 0.25) is 0 Å². The Morgan fingerprint density at radius 2 is 2.06 bits per heavy atom. The van der Waals surface area contributed by atoms with E-state index in [9.17, 15) is 9.18 Å². The van der Waals surface area contributed by atoms with Crippen molar-refractivity contribution in [2.75, 3.05) is 13.7 Å². The van der Waals surface area contributed by atoms with Gasteiger partial charge < -0.3 is 10.1 Å². The number of ether oxygens (including phenoxy) is 1. The molecule has 0 saturated carbocycles. The molecule has 0 aliphatic carbocycles. The van der Waals surface area contributed by atoms with Crippen molar-refractivity contribution in [2.24, 2.45) is 0 Å². The fraction of sp³-hybridized carbons (Fsp3) is 0.417. The Bertz CT molecular complexity index is 468. The van der Waals surface area contributed by atoms with Gasteiger partial charge in [-0.1, -0.05) is 23.2 Å². The maximum atomic E-state index is 13.5. The lowest BCUT2D eigenvalue weighted by molar-refractivity contribution is -0.150. The van der Waals surface area contributed by atoms with Crippen LogP contribution in [0.15, 0.2) is 12.1 Å². The van der Waals surface area contributed by atoms with Gasteiger partial charge in [-0.15, -0.1) is 0 Å². The van der Waals surface area contributed by atoms with Crippen molar-refractivity contribution in [3.8, 4) is 0 Å². The molecule has 0 saturated heterocycles. The Hall–Kier alpha value is -0.840. The Labute approximate surface area is 115 Å². The summed E-state index contributed by atoms with van der Waals surface area (Å²) in [5.41, 5.74) is -0.939. The second-order valence-corrected chi connectivity index (χ2v) is 4.66. The van der Waals surface area contributed by atoms with Gasteiger partial charge in [-0.05, 0) is 33.0 Å². The van der Waals surface area contributed by atoms with Gasteiger partial charge in [0.1, 0.15) is 11.4 Å². The molecule has 1 aromatic carbocycles. The summed E-state index contributed by atoms with van der Waals surface area (Å²) in [7, 11) is 1.57. The van der Waals surface area contributed by atoms with E-state index in [1.165, 1.54) is 6.07 Å². The number of hydrogen-bond donors (Lipinski definition) is 1. The summed E-state index contributed by atoms with van der Waals surface area (Å²) in [6.07, 6.45) is 0. The predicted octanol–water partition coefficient (Wildman–Crippen LogP) is 3.13. The first-order valence-electron chi connectivity index (χ1n) is 5.38. The molecular formula is C12H14Cl2FNO2. The lowest BCUT2D eigenvalue weighted by Crippen LogP contribution is -2.46. The zero-order valence-electron chi connectivity index (χ0n) is 10.3. The van der Waals surface area contributed by atoms with Crippen LogP contribution in [0.5, 0.6) is 0 Å². The quantitative estimate of drug-likeness (QED) is 0.685. The van der Waals surface area contributed by atoms with Crippen LogP contribution in [-0.2, 0) is 15.1 Å². The van der Waals surface area contributed by atoms with E-state index in [1.807, 2.05) is 0 Å². The zero-order chi connectivity index (χ0) is 13.9. The third-order valence-corrected chi connectivity index (χ3v) is 3.33. The molecule has 1 atom stereocenters. The first kappa shape index (κ1) is 15.2. The molecule has 1 unspecified atom stereocenters. The van der Waals surface area contributed by atoms with Gasteiger partial charge in [0.05, 0.1) is 11.6 Å². The largest absolute Gasteiger partial charge is 0.464 e. The molecule has 0 radical (unpaired) electrons. The van der Waals surface area contributed by atoms with Crippen LogP contribution in [0.4, 0.5) is 4.39 Å². The molecule has 0 fully saturated rings. The lowest BCUT2D eigenvalue weighted by Gasteiger charge is -2.28. The van der Waals surface area contributed by atoms with Gasteiger partial charge in [-0.3, -0.25) is 0 Å². The third-order valence-electron chi connectivity index (χ3n) is 2.73. The number of carbonyl (C=O) groups is 1. The number of rotatable bonds is 4. The molecule has 6 heteroatoms. The number of benzene rings is 1. The molecular weight excluding hydrogens is 280 g/mol. The van der Waals surface area contributed by atoms with Gasteiger partial charge in [0.15, 0.2) is 0 Å². The number of likely N-dealkylation sites (N-methyl/N-ethyl adjacent to an activating group) is 1. The minimum absolute atomic E-state index is 0.0916. The van der Waals surface area contributed by atoms with Crippen LogP contribution in [0.1, 0.15) is 19.4 Å². The van der Waals surface area contributed by atoms with Gasteiger partial charge in [0, 0.05) is 10.6 Å². The van der Waals surface area contributed by atoms with E-state index in [4.69, 9.17) is 27.9 Å². The number of hydrogen-bond acceptors (Lipinski definition) is 3. The van der Waals surface area contributed by atoms with E-state index >= 15 is 0 Å². The molecule has 1 N–H and O–H groups in total. The highest BCUT2D eigenvalue weighted by Gasteiger charge is 2.37. The highest BCUT2D eigenvalue weighted by molar-refractivity contribution is 6.35. The molecule has 0 aromatic heterocycles. The molecule has 100 valence electrons. The Kier molecular flexibility index (Phi) is 4.96. The van der Waals surface area contributed by atoms with Crippen molar-refractivity contribution in [1.29, 1.82) is 0 Å². The second-order valence-electron chi connectivity index (χ2n) is 3.84. The van der Waals surface area contributed by atoms with E-state index in [2.05, 4.69) is 5.32 Å². The van der Waals surface area contributed by atoms with Crippen LogP contribution in [-0.4, -0.2) is 19.6 Å². The number of esters is 1. The number of nitrogens with one attached hydrogen (secondary N) is 1. The highest BCUT2D eigenvalue weighted by atomic mass is 35.5. The summed E-state index contributed by atoms with van der Waals surface area (Å²) < 4.78 is 18.5. The molecule has 0 amide bonds. The predicted molar refractivity (Wildman–Crippen MR) is 69.5 cm³/mol. The fourth-order valence-corrected chi connectivity index (χ4v) is 2.10. The number of halogens is 3. The van der Waals surface area contributed by atoms with Crippen molar-refractivity contribution >= 4 is 29.2 Å². The van der Waals surface area contributed by atoms with Crippen molar-refractivity contribution in [2.45, 2.75) is 19.4 Å². The van der Waals surface area contributed by atoms with Gasteiger partial charge in [-0.25, -0.2) is 9.18 Å². The standard InChI is InChI=1S/C12H14Cl2FNO2/c1-4-18-11(17)12(2,16-3)7-5-10(15)9(14)6-8(7)13/h5-6,16H,4H2,1-3H3. The summed E-state index contributed by atoms with van der Waals surface area (Å²) in [5, 5.41) is 2.91. The van der Waals surface area contributed by atoms with Crippen LogP contribution in [0.2, 0.25) is 10.0 Å². The van der Waals surface area contributed by atoms with Crippen LogP contribution >= 0.6 is 23.2 Å². The minimum atomic E-state index is -1.22. The van der Waals surface area contributed by atoms with Crippen molar-refractivity contribution in [3.63, 3.8) is 0 Å². The molecule has 0 spiro atoms. The van der Waals surface area contributed by atoms with E-state index in [0.29, 0.717) is 0 Å². The van der Waals surface area contributed by atoms with Crippen molar-refractivity contribution < 1.29 is 13.9 Å². The maximum Gasteiger partial charge on any atom is 0.330 e. The maximum absolute atomic E-state index is 13.5. The van der Waals surface area contributed by atoms with E-state index in [1.54, 1.807) is 20.9 Å². The molecule has 0 bridgehead atoms. The Morgan fingerprint density at radius 3 is 2.56 bits per heavy atom. The van der Waals surface area contributed by atoms with Crippen molar-refractivity contribution in [3.05, 3.63) is 33.6 Å². The molecule has 1 aromatic rings. The average molecular weight is 294 g/mol. The summed E-state index contributed by atoms with van der Waals surface area (Å²) in [4.78, 5) is 11.9. The van der Waals surface area contributed by atoms with Crippen LogP contribution in [0, 0.1) is 5.82 Å². The van der Waals surface area contributed by atoms with Gasteiger partial charge >= 0.3 is 5.97 Å². The summed E-state index contributed by atoms with van der Waals surface area (Å²) in [5.74, 6) is -1.17. The van der Waals surface area contributed by atoms with Crippen LogP contribution < -0.4 is 5.32 Å². The smallest absolute Gasteiger partial charge is 0.330 e. The zero-order valence-corrected chi connectivity index (χ0v) is 11.8. The van der Waals surface area contributed by atoms with Crippen LogP contribution in [0.3, 0.4) is 0 Å². The average Bonchev–Trinajstić information content (AvgIpc) is 2.33. The summed E-state index contributed by atoms with van der Waals surface area (Å²) >= 11 is 11.6. The number of carbonyl (C=O) groups excluding carboxylic acids is 1. The normalized spacial score (nSPS) is 14.1. The van der Waals surface area contributed by atoms with E-state index in [0.717, 1.165) is 6.07 Å². The summed E-state index contributed by atoms with van der Waals surface area (Å²) in [6, 6.07) is 2.40. The highest BCUT2D eigenvalue weighted by Crippen LogP contribution is 2.32. The molecule has 0 heterocycles. The molecule has 1 rings (SSSR count). The SMILES string of the molecule is CCOC(=O)C(C)(NC)c1cc(F)c(Cl)cc1Cl. The summed E-state index contributed by atoms with van der Waals surface area (Å²) in [6.45, 7) is 3.49. The topological polar surface area (TPSA) is 38.3 Å². The molecule has 3 nitrogen and oxygen atoms in total. The fourth-order valence-electron chi connectivity index (χ4n) is 1.53. The van der Waals surface area contributed by atoms with Gasteiger partial charge in [-0.2, -0.15) is 0 Å². The van der Waals surface area contributed by atoms with Gasteiger partial charge in [0.25, 0.3) is 0 Å². The molecule has 18 heavy (non-hydrogen) atoms. The Morgan fingerprint density at radius 1 is 1.44 bits per heavy atom. The second kappa shape index (κ2) is 5.87. The van der Waals surface area contributed by atoms with Crippen LogP contribution in [0.25, 0.3) is 0 Å². The third kappa shape index (κ3) is 2.76. The Balaban J connectivity index is 3.32. The van der Waals surface area contributed by atoms with E-state index in [-0.39, 0.29) is 22.2 Å². The lowest BCUT2D eigenvalue weighted by atomic mass is 9.92. The first-order valence-corrected chi connectivity index (χ1v) is 6.13. The molecule has 0 aliphatic rings. The van der Waals surface area contributed by atoms with Crippen molar-refractivity contribution in [1.82, 2.24) is 5.32 Å². The molecule has 0 aliphatic heterocycles.